The summed E-state index contributed by atoms with van der Waals surface area (Å²) in [5.74, 6) is -0.308. The lowest BCUT2D eigenvalue weighted by Crippen LogP contribution is -2.40. The lowest BCUT2D eigenvalue weighted by atomic mass is 10.1. The highest BCUT2D eigenvalue weighted by atomic mass is 79.9. The number of amides is 3. The lowest BCUT2D eigenvalue weighted by molar-refractivity contribution is -0.131. The minimum Gasteiger partial charge on any atom is -0.354 e. The number of nitrogens with one attached hydrogen (secondary N) is 1. The molecule has 0 aromatic heterocycles. The molecule has 2 heterocycles. The van der Waals surface area contributed by atoms with Crippen LogP contribution in [0.5, 0.6) is 0 Å². The smallest absolute Gasteiger partial charge is 0.227 e. The normalized spacial score (nSPS) is 20.7. The standard InChI is InChI=1S/C20H26BrN3O3/c1-14-11-16(6-7-17(14)21)24-13-15(12-19(24)26)20(27)22-8-10-23-9-4-2-3-5-18(23)25/h6-7,11,15H,2-5,8-10,12-13H2,1H3,(H,22,27). The number of anilines is 1. The number of halogens is 1. The summed E-state index contributed by atoms with van der Waals surface area (Å²) in [5, 5.41) is 2.91. The van der Waals surface area contributed by atoms with Crippen molar-refractivity contribution >= 4 is 39.3 Å². The molecule has 2 fully saturated rings. The molecule has 2 aliphatic rings. The summed E-state index contributed by atoms with van der Waals surface area (Å²) < 4.78 is 0.996. The third-order valence-corrected chi connectivity index (χ3v) is 6.19. The highest BCUT2D eigenvalue weighted by Crippen LogP contribution is 2.28. The van der Waals surface area contributed by atoms with Crippen LogP contribution in [0.3, 0.4) is 0 Å². The number of aryl methyl sites for hydroxylation is 1. The molecule has 7 heteroatoms. The molecule has 0 aliphatic carbocycles. The molecule has 27 heavy (non-hydrogen) atoms. The highest BCUT2D eigenvalue weighted by Gasteiger charge is 2.35. The lowest BCUT2D eigenvalue weighted by Gasteiger charge is -2.21. The zero-order chi connectivity index (χ0) is 19.4. The van der Waals surface area contributed by atoms with Gasteiger partial charge in [0, 0.05) is 49.2 Å². The monoisotopic (exact) mass is 435 g/mol. The fourth-order valence-electron chi connectivity index (χ4n) is 3.66. The predicted octanol–water partition coefficient (Wildman–Crippen LogP) is 2.63. The van der Waals surface area contributed by atoms with Crippen molar-refractivity contribution < 1.29 is 14.4 Å². The molecular weight excluding hydrogens is 410 g/mol. The average Bonchev–Trinajstić information content (AvgIpc) is 2.91. The van der Waals surface area contributed by atoms with Crippen LogP contribution < -0.4 is 10.2 Å². The third kappa shape index (κ3) is 4.89. The summed E-state index contributed by atoms with van der Waals surface area (Å²) in [5.41, 5.74) is 1.88. The van der Waals surface area contributed by atoms with E-state index >= 15 is 0 Å². The van der Waals surface area contributed by atoms with Crippen molar-refractivity contribution in [2.75, 3.05) is 31.1 Å². The Morgan fingerprint density at radius 2 is 2.04 bits per heavy atom. The van der Waals surface area contributed by atoms with E-state index in [0.29, 0.717) is 26.1 Å². The molecule has 6 nitrogen and oxygen atoms in total. The maximum atomic E-state index is 12.5. The Labute approximate surface area is 168 Å². The summed E-state index contributed by atoms with van der Waals surface area (Å²) in [6.07, 6.45) is 3.90. The van der Waals surface area contributed by atoms with Crippen LogP contribution in [-0.4, -0.2) is 48.8 Å². The Morgan fingerprint density at radius 3 is 2.81 bits per heavy atom. The molecular formula is C20H26BrN3O3. The van der Waals surface area contributed by atoms with Crippen LogP contribution in [0.4, 0.5) is 5.69 Å². The van der Waals surface area contributed by atoms with E-state index in [4.69, 9.17) is 0 Å². The summed E-state index contributed by atoms with van der Waals surface area (Å²) >= 11 is 3.46. The van der Waals surface area contributed by atoms with Gasteiger partial charge in [0.05, 0.1) is 5.92 Å². The predicted molar refractivity (Wildman–Crippen MR) is 107 cm³/mol. The topological polar surface area (TPSA) is 69.7 Å². The van der Waals surface area contributed by atoms with Crippen molar-refractivity contribution in [2.24, 2.45) is 5.92 Å². The highest BCUT2D eigenvalue weighted by molar-refractivity contribution is 9.10. The quantitative estimate of drug-likeness (QED) is 0.772. The molecule has 1 atom stereocenters. The average molecular weight is 436 g/mol. The maximum Gasteiger partial charge on any atom is 0.227 e. The minimum absolute atomic E-state index is 0.0282. The molecule has 0 radical (unpaired) electrons. The first-order chi connectivity index (χ1) is 13.0. The Kier molecular flexibility index (Phi) is 6.52. The first kappa shape index (κ1) is 19.9. The molecule has 1 N–H and O–H groups in total. The van der Waals surface area contributed by atoms with Crippen molar-refractivity contribution in [2.45, 2.75) is 39.0 Å². The Morgan fingerprint density at radius 1 is 1.22 bits per heavy atom. The van der Waals surface area contributed by atoms with Crippen LogP contribution in [0, 0.1) is 12.8 Å². The molecule has 2 aliphatic heterocycles. The Bertz CT molecular complexity index is 737. The van der Waals surface area contributed by atoms with Crippen molar-refractivity contribution in [1.82, 2.24) is 10.2 Å². The van der Waals surface area contributed by atoms with Crippen molar-refractivity contribution in [3.8, 4) is 0 Å². The van der Waals surface area contributed by atoms with E-state index in [2.05, 4.69) is 21.2 Å². The van der Waals surface area contributed by atoms with Gasteiger partial charge in [0.1, 0.15) is 0 Å². The number of hydrogen-bond donors (Lipinski definition) is 1. The van der Waals surface area contributed by atoms with Gasteiger partial charge in [-0.05, 0) is 43.5 Å². The number of nitrogens with zero attached hydrogens (tertiary/aromatic N) is 2. The molecule has 3 rings (SSSR count). The molecule has 0 saturated carbocycles. The Hall–Kier alpha value is -1.89. The van der Waals surface area contributed by atoms with Crippen molar-refractivity contribution in [3.63, 3.8) is 0 Å². The molecule has 0 spiro atoms. The third-order valence-electron chi connectivity index (χ3n) is 5.30. The zero-order valence-corrected chi connectivity index (χ0v) is 17.3. The largest absolute Gasteiger partial charge is 0.354 e. The van der Waals surface area contributed by atoms with Gasteiger partial charge in [-0.15, -0.1) is 0 Å². The summed E-state index contributed by atoms with van der Waals surface area (Å²) in [4.78, 5) is 40.4. The van der Waals surface area contributed by atoms with Crippen LogP contribution in [0.15, 0.2) is 22.7 Å². The number of likely N-dealkylation sites (tertiary alicyclic amines) is 1. The van der Waals surface area contributed by atoms with Gasteiger partial charge in [0.15, 0.2) is 0 Å². The zero-order valence-electron chi connectivity index (χ0n) is 15.7. The molecule has 3 amide bonds. The second kappa shape index (κ2) is 8.87. The number of rotatable bonds is 5. The van der Waals surface area contributed by atoms with E-state index in [-0.39, 0.29) is 30.1 Å². The second-order valence-electron chi connectivity index (χ2n) is 7.32. The minimum atomic E-state index is -0.346. The summed E-state index contributed by atoms with van der Waals surface area (Å²) in [6, 6.07) is 5.76. The van der Waals surface area contributed by atoms with E-state index in [1.165, 1.54) is 0 Å². The van der Waals surface area contributed by atoms with E-state index in [0.717, 1.165) is 41.5 Å². The van der Waals surface area contributed by atoms with Gasteiger partial charge in [0.2, 0.25) is 17.7 Å². The van der Waals surface area contributed by atoms with E-state index in [1.807, 2.05) is 30.0 Å². The van der Waals surface area contributed by atoms with Gasteiger partial charge in [-0.1, -0.05) is 22.4 Å². The first-order valence-corrected chi connectivity index (χ1v) is 10.4. The van der Waals surface area contributed by atoms with Gasteiger partial charge in [-0.25, -0.2) is 0 Å². The van der Waals surface area contributed by atoms with Gasteiger partial charge in [-0.2, -0.15) is 0 Å². The van der Waals surface area contributed by atoms with E-state index in [9.17, 15) is 14.4 Å². The molecule has 0 bridgehead atoms. The molecule has 1 unspecified atom stereocenters. The fourth-order valence-corrected chi connectivity index (χ4v) is 3.91. The molecule has 1 aromatic carbocycles. The summed E-state index contributed by atoms with van der Waals surface area (Å²) in [7, 11) is 0. The number of carbonyl (C=O) groups is 3. The van der Waals surface area contributed by atoms with Crippen molar-refractivity contribution in [3.05, 3.63) is 28.2 Å². The van der Waals surface area contributed by atoms with Gasteiger partial charge in [0.25, 0.3) is 0 Å². The molecule has 1 aromatic rings. The maximum absolute atomic E-state index is 12.5. The molecule has 2 saturated heterocycles. The Balaban J connectivity index is 1.51. The van der Waals surface area contributed by atoms with Crippen LogP contribution in [0.25, 0.3) is 0 Å². The van der Waals surface area contributed by atoms with E-state index < -0.39 is 0 Å². The number of benzene rings is 1. The van der Waals surface area contributed by atoms with Gasteiger partial charge in [-0.3, -0.25) is 14.4 Å². The van der Waals surface area contributed by atoms with Gasteiger partial charge < -0.3 is 15.1 Å². The molecule has 146 valence electrons. The van der Waals surface area contributed by atoms with Crippen LogP contribution in [0.2, 0.25) is 0 Å². The van der Waals surface area contributed by atoms with Crippen LogP contribution in [-0.2, 0) is 14.4 Å². The van der Waals surface area contributed by atoms with Crippen molar-refractivity contribution in [1.29, 1.82) is 0 Å². The summed E-state index contributed by atoms with van der Waals surface area (Å²) in [6.45, 7) is 4.12. The second-order valence-corrected chi connectivity index (χ2v) is 8.18. The van der Waals surface area contributed by atoms with Crippen LogP contribution in [0.1, 0.15) is 37.7 Å². The SMILES string of the molecule is Cc1cc(N2CC(C(=O)NCCN3CCCCCC3=O)CC2=O)ccc1Br. The van der Waals surface area contributed by atoms with Gasteiger partial charge >= 0.3 is 0 Å². The van der Waals surface area contributed by atoms with Crippen LogP contribution >= 0.6 is 15.9 Å². The fraction of sp³-hybridized carbons (Fsp3) is 0.550. The number of carbonyl (C=O) groups excluding carboxylic acids is 3. The van der Waals surface area contributed by atoms with E-state index in [1.54, 1.807) is 4.90 Å². The number of hydrogen-bond acceptors (Lipinski definition) is 3. The first-order valence-electron chi connectivity index (χ1n) is 9.57.